The maximum Gasteiger partial charge on any atom is 0.416 e. The standard InChI is InChI=1S/C14H19F3OSSi/c1-10-9-19-14(18-10,20(2,3)4)12-7-5-11(6-8-12)13(15,16)17/h5-8,10H,9H2,1-4H3/t10-,14-/m0/s1. The topological polar surface area (TPSA) is 9.23 Å². The highest BCUT2D eigenvalue weighted by atomic mass is 32.2. The van der Waals surface area contributed by atoms with Crippen LogP contribution in [-0.2, 0) is 15.5 Å². The normalized spacial score (nSPS) is 27.9. The number of hydrogen-bond acceptors (Lipinski definition) is 2. The molecule has 1 aromatic carbocycles. The van der Waals surface area contributed by atoms with E-state index in [2.05, 4.69) is 19.6 Å². The zero-order valence-corrected chi connectivity index (χ0v) is 13.9. The van der Waals surface area contributed by atoms with E-state index in [0.717, 1.165) is 23.4 Å². The van der Waals surface area contributed by atoms with Crippen LogP contribution in [0, 0.1) is 0 Å². The summed E-state index contributed by atoms with van der Waals surface area (Å²) < 4.78 is 43.7. The highest BCUT2D eigenvalue weighted by molar-refractivity contribution is 8.02. The van der Waals surface area contributed by atoms with E-state index in [0.29, 0.717) is 0 Å². The van der Waals surface area contributed by atoms with E-state index in [1.165, 1.54) is 0 Å². The third-order valence-electron chi connectivity index (χ3n) is 3.47. The Bertz CT molecular complexity index is 481. The molecule has 0 spiro atoms. The number of benzene rings is 1. The van der Waals surface area contributed by atoms with Crippen molar-refractivity contribution in [3.8, 4) is 0 Å². The van der Waals surface area contributed by atoms with Crippen LogP contribution in [0.4, 0.5) is 13.2 Å². The van der Waals surface area contributed by atoms with Gasteiger partial charge in [0.05, 0.1) is 11.7 Å². The molecule has 1 heterocycles. The maximum absolute atomic E-state index is 12.7. The van der Waals surface area contributed by atoms with Gasteiger partial charge in [-0.05, 0) is 24.6 Å². The fourth-order valence-electron chi connectivity index (χ4n) is 2.44. The predicted octanol–water partition coefficient (Wildman–Crippen LogP) is 4.89. The number of rotatable bonds is 2. The van der Waals surface area contributed by atoms with Gasteiger partial charge in [0, 0.05) is 5.75 Å². The van der Waals surface area contributed by atoms with Crippen LogP contribution >= 0.6 is 11.8 Å². The van der Waals surface area contributed by atoms with Crippen molar-refractivity contribution in [2.24, 2.45) is 0 Å². The van der Waals surface area contributed by atoms with E-state index < -0.39 is 24.4 Å². The maximum atomic E-state index is 12.7. The lowest BCUT2D eigenvalue weighted by Crippen LogP contribution is -2.47. The van der Waals surface area contributed by atoms with Crippen molar-refractivity contribution in [3.05, 3.63) is 35.4 Å². The second-order valence-electron chi connectivity index (χ2n) is 6.18. The van der Waals surface area contributed by atoms with Crippen LogP contribution in [0.2, 0.25) is 19.6 Å². The first-order valence-electron chi connectivity index (χ1n) is 6.56. The summed E-state index contributed by atoms with van der Waals surface area (Å²) in [7, 11) is -1.76. The summed E-state index contributed by atoms with van der Waals surface area (Å²) in [6.07, 6.45) is -4.16. The van der Waals surface area contributed by atoms with Crippen LogP contribution < -0.4 is 0 Å². The van der Waals surface area contributed by atoms with Crippen molar-refractivity contribution < 1.29 is 17.9 Å². The molecule has 2 rings (SSSR count). The van der Waals surface area contributed by atoms with Gasteiger partial charge in [-0.2, -0.15) is 13.2 Å². The van der Waals surface area contributed by atoms with Crippen molar-refractivity contribution in [1.82, 2.24) is 0 Å². The molecule has 20 heavy (non-hydrogen) atoms. The van der Waals surface area contributed by atoms with Crippen LogP contribution in [0.5, 0.6) is 0 Å². The number of alkyl halides is 3. The third kappa shape index (κ3) is 2.78. The van der Waals surface area contributed by atoms with Crippen LogP contribution in [-0.4, -0.2) is 19.9 Å². The Kier molecular flexibility index (Phi) is 4.03. The first-order chi connectivity index (χ1) is 9.06. The van der Waals surface area contributed by atoms with Gasteiger partial charge < -0.3 is 4.74 Å². The van der Waals surface area contributed by atoms with Gasteiger partial charge in [-0.25, -0.2) is 0 Å². The van der Waals surface area contributed by atoms with Crippen molar-refractivity contribution in [2.45, 2.75) is 43.4 Å². The van der Waals surface area contributed by atoms with Crippen LogP contribution in [0.1, 0.15) is 18.1 Å². The van der Waals surface area contributed by atoms with Gasteiger partial charge in [0.15, 0.2) is 0 Å². The summed E-state index contributed by atoms with van der Waals surface area (Å²) in [5, 5.41) is 0. The first kappa shape index (κ1) is 15.9. The summed E-state index contributed by atoms with van der Waals surface area (Å²) >= 11 is 1.73. The highest BCUT2D eigenvalue weighted by Crippen LogP contribution is 2.51. The minimum Gasteiger partial charge on any atom is -0.360 e. The van der Waals surface area contributed by atoms with Crippen molar-refractivity contribution in [2.75, 3.05) is 5.75 Å². The summed E-state index contributed by atoms with van der Waals surface area (Å²) in [5.41, 5.74) is 0.252. The molecule has 0 aliphatic carbocycles. The van der Waals surface area contributed by atoms with Gasteiger partial charge in [-0.3, -0.25) is 0 Å². The smallest absolute Gasteiger partial charge is 0.360 e. The zero-order valence-electron chi connectivity index (χ0n) is 12.0. The SMILES string of the molecule is C[C@H]1CS[C@@](c2ccc(C(F)(F)F)cc2)([Si](C)(C)C)O1. The fourth-order valence-corrected chi connectivity index (χ4v) is 7.08. The Balaban J connectivity index is 2.42. The number of ether oxygens (including phenoxy) is 1. The molecule has 1 aliphatic heterocycles. The fraction of sp³-hybridized carbons (Fsp3) is 0.571. The second-order valence-corrected chi connectivity index (χ2v) is 12.9. The summed E-state index contributed by atoms with van der Waals surface area (Å²) in [4.78, 5) is 0. The predicted molar refractivity (Wildman–Crippen MR) is 79.5 cm³/mol. The molecule has 0 amide bonds. The minimum absolute atomic E-state index is 0.133. The Hall–Kier alpha value is -0.463. The minimum atomic E-state index is -4.29. The second kappa shape index (κ2) is 5.07. The van der Waals surface area contributed by atoms with Crippen LogP contribution in [0.25, 0.3) is 0 Å². The third-order valence-corrected chi connectivity index (χ3v) is 9.49. The Labute approximate surface area is 122 Å². The van der Waals surface area contributed by atoms with E-state index in [1.54, 1.807) is 23.9 Å². The molecule has 2 atom stereocenters. The molecule has 0 N–H and O–H groups in total. The molecule has 1 nitrogen and oxygen atoms in total. The van der Waals surface area contributed by atoms with Gasteiger partial charge in [-0.1, -0.05) is 31.8 Å². The molecular formula is C14H19F3OSSi. The Morgan fingerprint density at radius 3 is 2.10 bits per heavy atom. The van der Waals surface area contributed by atoms with E-state index in [1.807, 2.05) is 6.92 Å². The quantitative estimate of drug-likeness (QED) is 0.718. The molecule has 1 aliphatic rings. The van der Waals surface area contributed by atoms with E-state index in [9.17, 15) is 13.2 Å². The lowest BCUT2D eigenvalue weighted by molar-refractivity contribution is -0.137. The van der Waals surface area contributed by atoms with Crippen molar-refractivity contribution in [3.63, 3.8) is 0 Å². The lowest BCUT2D eigenvalue weighted by Gasteiger charge is -2.39. The summed E-state index contributed by atoms with van der Waals surface area (Å²) in [6.45, 7) is 8.58. The number of halogens is 3. The molecule has 112 valence electrons. The largest absolute Gasteiger partial charge is 0.416 e. The van der Waals surface area contributed by atoms with Gasteiger partial charge in [0.2, 0.25) is 0 Å². The van der Waals surface area contributed by atoms with E-state index in [-0.39, 0.29) is 6.10 Å². The van der Waals surface area contributed by atoms with Crippen molar-refractivity contribution >= 4 is 19.8 Å². The monoisotopic (exact) mass is 320 g/mol. The Morgan fingerprint density at radius 1 is 1.20 bits per heavy atom. The van der Waals surface area contributed by atoms with Gasteiger partial charge in [0.1, 0.15) is 12.6 Å². The molecule has 0 saturated carbocycles. The molecule has 1 saturated heterocycles. The summed E-state index contributed by atoms with van der Waals surface area (Å²) in [5.74, 6) is 0.880. The molecule has 6 heteroatoms. The van der Waals surface area contributed by atoms with E-state index >= 15 is 0 Å². The van der Waals surface area contributed by atoms with Gasteiger partial charge in [-0.15, -0.1) is 11.8 Å². The lowest BCUT2D eigenvalue weighted by atomic mass is 10.1. The Morgan fingerprint density at radius 2 is 1.75 bits per heavy atom. The molecular weight excluding hydrogens is 301 g/mol. The first-order valence-corrected chi connectivity index (χ1v) is 11.0. The van der Waals surface area contributed by atoms with Crippen LogP contribution in [0.3, 0.4) is 0 Å². The van der Waals surface area contributed by atoms with Gasteiger partial charge >= 0.3 is 6.18 Å². The van der Waals surface area contributed by atoms with Gasteiger partial charge in [0.25, 0.3) is 0 Å². The van der Waals surface area contributed by atoms with Crippen LogP contribution in [0.15, 0.2) is 24.3 Å². The highest BCUT2D eigenvalue weighted by Gasteiger charge is 2.51. The van der Waals surface area contributed by atoms with Crippen molar-refractivity contribution in [1.29, 1.82) is 0 Å². The zero-order chi connectivity index (χ0) is 15.2. The molecule has 0 aromatic heterocycles. The number of hydrogen-bond donors (Lipinski definition) is 0. The molecule has 0 unspecified atom stereocenters. The van der Waals surface area contributed by atoms with E-state index in [4.69, 9.17) is 4.74 Å². The molecule has 1 aromatic rings. The summed E-state index contributed by atoms with van der Waals surface area (Å²) in [6, 6.07) is 5.46. The average Bonchev–Trinajstić information content (AvgIpc) is 2.71. The molecule has 1 fully saturated rings. The molecule has 0 bridgehead atoms. The molecule has 0 radical (unpaired) electrons. The average molecular weight is 320 g/mol. The number of thioether (sulfide) groups is 1.